The summed E-state index contributed by atoms with van der Waals surface area (Å²) in [6.45, 7) is 0. The summed E-state index contributed by atoms with van der Waals surface area (Å²) in [5.74, 6) is 0. The van der Waals surface area contributed by atoms with Crippen LogP contribution in [0, 0.1) is 0 Å². The van der Waals surface area contributed by atoms with Crippen LogP contribution in [-0.2, 0) is 6.42 Å². The average Bonchev–Trinajstić information content (AvgIpc) is 2.47. The Bertz CT molecular complexity index is 783. The highest BCUT2D eigenvalue weighted by Gasteiger charge is 2.14. The topological polar surface area (TPSA) is 33.1 Å². The Kier molecular flexibility index (Phi) is 4.11. The summed E-state index contributed by atoms with van der Waals surface area (Å²) in [4.78, 5) is 4.33. The van der Waals surface area contributed by atoms with Gasteiger partial charge >= 0.3 is 0 Å². The molecular weight excluding hydrogens is 305 g/mol. The van der Waals surface area contributed by atoms with Crippen LogP contribution in [0.25, 0.3) is 10.9 Å². The quantitative estimate of drug-likeness (QED) is 0.751. The first-order valence-electron chi connectivity index (χ1n) is 6.61. The number of pyridine rings is 1. The van der Waals surface area contributed by atoms with Gasteiger partial charge in [-0.25, -0.2) is 0 Å². The van der Waals surface area contributed by atoms with Crippen molar-refractivity contribution < 1.29 is 5.11 Å². The Morgan fingerprint density at radius 3 is 2.67 bits per heavy atom. The summed E-state index contributed by atoms with van der Waals surface area (Å²) >= 11 is 12.0. The van der Waals surface area contributed by atoms with Crippen LogP contribution >= 0.6 is 23.2 Å². The number of rotatable bonds is 3. The first-order chi connectivity index (χ1) is 10.1. The zero-order valence-electron chi connectivity index (χ0n) is 11.1. The smallest absolute Gasteiger partial charge is 0.0844 e. The van der Waals surface area contributed by atoms with E-state index in [-0.39, 0.29) is 0 Å². The van der Waals surface area contributed by atoms with Crippen LogP contribution in [0.4, 0.5) is 0 Å². The van der Waals surface area contributed by atoms with Crippen molar-refractivity contribution in [2.45, 2.75) is 12.5 Å². The highest BCUT2D eigenvalue weighted by molar-refractivity contribution is 6.35. The van der Waals surface area contributed by atoms with Gasteiger partial charge in [0.25, 0.3) is 0 Å². The molecule has 1 N–H and O–H groups in total. The second kappa shape index (κ2) is 6.02. The van der Waals surface area contributed by atoms with E-state index in [1.54, 1.807) is 24.4 Å². The van der Waals surface area contributed by atoms with E-state index in [4.69, 9.17) is 23.2 Å². The fraction of sp³-hybridized carbons (Fsp3) is 0.118. The first kappa shape index (κ1) is 14.3. The number of fused-ring (bicyclic) bond motifs is 1. The van der Waals surface area contributed by atoms with E-state index in [0.29, 0.717) is 22.0 Å². The Morgan fingerprint density at radius 2 is 1.86 bits per heavy atom. The van der Waals surface area contributed by atoms with E-state index in [1.807, 2.05) is 30.3 Å². The van der Waals surface area contributed by atoms with Crippen LogP contribution in [0.1, 0.15) is 17.2 Å². The molecule has 0 saturated heterocycles. The van der Waals surface area contributed by atoms with E-state index >= 15 is 0 Å². The molecule has 1 atom stereocenters. The summed E-state index contributed by atoms with van der Waals surface area (Å²) in [6, 6.07) is 15.0. The number of aliphatic hydroxyl groups excluding tert-OH is 1. The summed E-state index contributed by atoms with van der Waals surface area (Å²) in [5.41, 5.74) is 2.64. The number of nitrogens with zero attached hydrogens (tertiary/aromatic N) is 1. The molecule has 0 aliphatic heterocycles. The SMILES string of the molecule is OC(Cc1ccnc2ccccc12)c1ccc(Cl)cc1Cl. The molecule has 2 nitrogen and oxygen atoms in total. The molecule has 3 aromatic rings. The maximum atomic E-state index is 10.5. The number of aromatic nitrogens is 1. The molecule has 4 heteroatoms. The van der Waals surface area contributed by atoms with Gasteiger partial charge in [0.2, 0.25) is 0 Å². The third kappa shape index (κ3) is 3.03. The molecule has 0 bridgehead atoms. The summed E-state index contributed by atoms with van der Waals surface area (Å²) in [7, 11) is 0. The molecule has 0 aliphatic rings. The normalized spacial score (nSPS) is 12.5. The molecule has 21 heavy (non-hydrogen) atoms. The summed E-state index contributed by atoms with van der Waals surface area (Å²) in [5, 5.41) is 12.5. The molecule has 1 heterocycles. The Balaban J connectivity index is 1.94. The average molecular weight is 318 g/mol. The van der Waals surface area contributed by atoms with Crippen molar-refractivity contribution in [1.29, 1.82) is 0 Å². The van der Waals surface area contributed by atoms with E-state index in [1.165, 1.54) is 0 Å². The van der Waals surface area contributed by atoms with E-state index in [0.717, 1.165) is 16.5 Å². The first-order valence-corrected chi connectivity index (χ1v) is 7.36. The fourth-order valence-corrected chi connectivity index (χ4v) is 2.96. The molecular formula is C17H13Cl2NO. The number of hydrogen-bond acceptors (Lipinski definition) is 2. The van der Waals surface area contributed by atoms with Gasteiger partial charge in [-0.05, 0) is 35.4 Å². The van der Waals surface area contributed by atoms with Gasteiger partial charge in [0.15, 0.2) is 0 Å². The zero-order valence-corrected chi connectivity index (χ0v) is 12.6. The van der Waals surface area contributed by atoms with Crippen LogP contribution in [0.3, 0.4) is 0 Å². The minimum Gasteiger partial charge on any atom is -0.388 e. The van der Waals surface area contributed by atoms with Crippen molar-refractivity contribution in [1.82, 2.24) is 4.98 Å². The van der Waals surface area contributed by atoms with Gasteiger partial charge in [-0.1, -0.05) is 47.5 Å². The lowest BCUT2D eigenvalue weighted by atomic mass is 9.99. The number of halogens is 2. The van der Waals surface area contributed by atoms with Gasteiger partial charge in [-0.2, -0.15) is 0 Å². The Hall–Kier alpha value is -1.61. The van der Waals surface area contributed by atoms with Crippen LogP contribution in [0.2, 0.25) is 10.0 Å². The number of hydrogen-bond donors (Lipinski definition) is 1. The number of aliphatic hydroxyl groups is 1. The van der Waals surface area contributed by atoms with Crippen molar-refractivity contribution in [3.05, 3.63) is 75.9 Å². The van der Waals surface area contributed by atoms with Crippen LogP contribution in [0.5, 0.6) is 0 Å². The molecule has 0 spiro atoms. The monoisotopic (exact) mass is 317 g/mol. The third-order valence-corrected chi connectivity index (χ3v) is 4.04. The lowest BCUT2D eigenvalue weighted by molar-refractivity contribution is 0.179. The van der Waals surface area contributed by atoms with E-state index in [2.05, 4.69) is 4.98 Å². The molecule has 2 aromatic carbocycles. The standard InChI is InChI=1S/C17H13Cl2NO/c18-12-5-6-14(15(19)10-12)17(21)9-11-7-8-20-16-4-2-1-3-13(11)16/h1-8,10,17,21H,9H2. The van der Waals surface area contributed by atoms with Gasteiger partial charge in [0, 0.05) is 28.0 Å². The Morgan fingerprint density at radius 1 is 1.05 bits per heavy atom. The van der Waals surface area contributed by atoms with Crippen LogP contribution in [-0.4, -0.2) is 10.1 Å². The maximum absolute atomic E-state index is 10.5. The summed E-state index contributed by atoms with van der Waals surface area (Å²) in [6.07, 6.45) is 1.55. The minimum absolute atomic E-state index is 0.477. The third-order valence-electron chi connectivity index (χ3n) is 3.47. The predicted molar refractivity (Wildman–Crippen MR) is 86.9 cm³/mol. The van der Waals surface area contributed by atoms with Gasteiger partial charge < -0.3 is 5.11 Å². The molecule has 0 amide bonds. The number of benzene rings is 2. The van der Waals surface area contributed by atoms with Crippen LogP contribution in [0.15, 0.2) is 54.7 Å². The fourth-order valence-electron chi connectivity index (χ4n) is 2.42. The summed E-state index contributed by atoms with van der Waals surface area (Å²) < 4.78 is 0. The van der Waals surface area contributed by atoms with Crippen molar-refractivity contribution in [3.63, 3.8) is 0 Å². The molecule has 1 unspecified atom stereocenters. The molecule has 1 aromatic heterocycles. The zero-order chi connectivity index (χ0) is 14.8. The van der Waals surface area contributed by atoms with Gasteiger partial charge in [-0.3, -0.25) is 4.98 Å². The van der Waals surface area contributed by atoms with Crippen molar-refractivity contribution >= 4 is 34.1 Å². The molecule has 0 aliphatic carbocycles. The number of para-hydroxylation sites is 1. The molecule has 0 saturated carbocycles. The van der Waals surface area contributed by atoms with Gasteiger partial charge in [-0.15, -0.1) is 0 Å². The highest BCUT2D eigenvalue weighted by Crippen LogP contribution is 2.29. The highest BCUT2D eigenvalue weighted by atomic mass is 35.5. The predicted octanol–water partition coefficient (Wildman–Crippen LogP) is 4.82. The molecule has 0 radical (unpaired) electrons. The second-order valence-electron chi connectivity index (χ2n) is 4.87. The van der Waals surface area contributed by atoms with Crippen LogP contribution < -0.4 is 0 Å². The van der Waals surface area contributed by atoms with E-state index in [9.17, 15) is 5.11 Å². The lowest BCUT2D eigenvalue weighted by Crippen LogP contribution is -2.03. The van der Waals surface area contributed by atoms with Crippen molar-refractivity contribution in [2.24, 2.45) is 0 Å². The molecule has 3 rings (SSSR count). The van der Waals surface area contributed by atoms with Crippen molar-refractivity contribution in [2.75, 3.05) is 0 Å². The largest absolute Gasteiger partial charge is 0.388 e. The minimum atomic E-state index is -0.680. The van der Waals surface area contributed by atoms with E-state index < -0.39 is 6.10 Å². The Labute approximate surface area is 133 Å². The second-order valence-corrected chi connectivity index (χ2v) is 5.72. The van der Waals surface area contributed by atoms with Crippen molar-refractivity contribution in [3.8, 4) is 0 Å². The lowest BCUT2D eigenvalue weighted by Gasteiger charge is -2.14. The van der Waals surface area contributed by atoms with Gasteiger partial charge in [0.05, 0.1) is 11.6 Å². The molecule has 0 fully saturated rings. The maximum Gasteiger partial charge on any atom is 0.0844 e. The van der Waals surface area contributed by atoms with Gasteiger partial charge in [0.1, 0.15) is 0 Å². The molecule has 106 valence electrons.